The second-order valence-corrected chi connectivity index (χ2v) is 8.65. The monoisotopic (exact) mass is 426 g/mol. The Labute approximate surface area is 181 Å². The number of fused-ring (bicyclic) bond motifs is 1. The first-order chi connectivity index (χ1) is 14.4. The van der Waals surface area contributed by atoms with Crippen molar-refractivity contribution >= 4 is 33.1 Å². The fourth-order valence-corrected chi connectivity index (χ4v) is 4.51. The Balaban J connectivity index is 1.96. The van der Waals surface area contributed by atoms with Crippen molar-refractivity contribution in [1.82, 2.24) is 14.5 Å². The quantitative estimate of drug-likeness (QED) is 0.588. The van der Waals surface area contributed by atoms with Gasteiger partial charge in [-0.15, -0.1) is 11.3 Å². The third-order valence-electron chi connectivity index (χ3n) is 5.58. The van der Waals surface area contributed by atoms with Crippen LogP contribution in [0.15, 0.2) is 29.1 Å². The van der Waals surface area contributed by atoms with Crippen LogP contribution in [0.1, 0.15) is 42.6 Å². The van der Waals surface area contributed by atoms with Gasteiger partial charge in [0.15, 0.2) is 0 Å². The minimum absolute atomic E-state index is 0.0533. The average Bonchev–Trinajstić information content (AvgIpc) is 3.02. The van der Waals surface area contributed by atoms with Crippen LogP contribution in [0.3, 0.4) is 0 Å². The zero-order valence-electron chi connectivity index (χ0n) is 18.4. The zero-order chi connectivity index (χ0) is 21.8. The van der Waals surface area contributed by atoms with E-state index in [1.54, 1.807) is 0 Å². The molecule has 2 aromatic heterocycles. The molecular formula is C23H30N4O2S. The smallest absolute Gasteiger partial charge is 0.263 e. The van der Waals surface area contributed by atoms with E-state index in [2.05, 4.69) is 31.0 Å². The lowest BCUT2D eigenvalue weighted by atomic mass is 10.1. The molecule has 3 rings (SSSR count). The first kappa shape index (κ1) is 22.2. The van der Waals surface area contributed by atoms with Crippen LogP contribution in [0.4, 0.5) is 5.69 Å². The van der Waals surface area contributed by atoms with Gasteiger partial charge >= 0.3 is 0 Å². The molecule has 0 spiro atoms. The van der Waals surface area contributed by atoms with E-state index in [-0.39, 0.29) is 18.0 Å². The summed E-state index contributed by atoms with van der Waals surface area (Å²) in [4.78, 5) is 35.0. The maximum Gasteiger partial charge on any atom is 0.263 e. The maximum atomic E-state index is 13.3. The molecule has 1 aromatic carbocycles. The number of aryl methyl sites for hydroxylation is 3. The molecular weight excluding hydrogens is 396 g/mol. The van der Waals surface area contributed by atoms with Gasteiger partial charge in [0.25, 0.3) is 5.56 Å². The zero-order valence-corrected chi connectivity index (χ0v) is 19.2. The van der Waals surface area contributed by atoms with Crippen LogP contribution in [0.2, 0.25) is 0 Å². The van der Waals surface area contributed by atoms with Crippen LogP contribution in [-0.2, 0) is 24.3 Å². The summed E-state index contributed by atoms with van der Waals surface area (Å²) in [5, 5.41) is 3.53. The standard InChI is InChI=1S/C23H30N4O2S/c1-6-17-9-11-18(12-10-17)24-20(28)14-27-19(13-26(7-2)8-3)25-22-21(23(27)29)15(4)16(5)30-22/h9-12H,6-8,13-14H2,1-5H3,(H,24,28). The van der Waals surface area contributed by atoms with Gasteiger partial charge in [0.05, 0.1) is 11.9 Å². The lowest BCUT2D eigenvalue weighted by Crippen LogP contribution is -2.34. The fourth-order valence-electron chi connectivity index (χ4n) is 3.47. The van der Waals surface area contributed by atoms with E-state index in [0.29, 0.717) is 17.8 Å². The van der Waals surface area contributed by atoms with E-state index in [1.165, 1.54) is 21.5 Å². The molecule has 0 radical (unpaired) electrons. The lowest BCUT2D eigenvalue weighted by molar-refractivity contribution is -0.116. The van der Waals surface area contributed by atoms with E-state index in [4.69, 9.17) is 4.98 Å². The Hall–Kier alpha value is -2.51. The molecule has 1 N–H and O–H groups in total. The third kappa shape index (κ3) is 4.63. The van der Waals surface area contributed by atoms with Crippen LogP contribution in [0.25, 0.3) is 10.2 Å². The van der Waals surface area contributed by atoms with Crippen molar-refractivity contribution in [3.8, 4) is 0 Å². The second-order valence-electron chi connectivity index (χ2n) is 7.44. The number of benzene rings is 1. The Morgan fingerprint density at radius 2 is 1.80 bits per heavy atom. The van der Waals surface area contributed by atoms with Gasteiger partial charge in [-0.2, -0.15) is 0 Å². The van der Waals surface area contributed by atoms with E-state index in [9.17, 15) is 9.59 Å². The number of nitrogens with zero attached hydrogens (tertiary/aromatic N) is 3. The van der Waals surface area contributed by atoms with Gasteiger partial charge in [-0.25, -0.2) is 4.98 Å². The number of hydrogen-bond donors (Lipinski definition) is 1. The summed E-state index contributed by atoms with van der Waals surface area (Å²) in [5.41, 5.74) is 2.75. The van der Waals surface area contributed by atoms with Crippen molar-refractivity contribution in [3.05, 3.63) is 56.4 Å². The molecule has 0 fully saturated rings. The van der Waals surface area contributed by atoms with Gasteiger partial charge in [0.2, 0.25) is 5.91 Å². The van der Waals surface area contributed by atoms with Crippen LogP contribution >= 0.6 is 11.3 Å². The Morgan fingerprint density at radius 3 is 2.40 bits per heavy atom. The molecule has 0 saturated heterocycles. The van der Waals surface area contributed by atoms with Crippen LogP contribution in [0, 0.1) is 13.8 Å². The molecule has 0 aliphatic rings. The number of carbonyl (C=O) groups is 1. The van der Waals surface area contributed by atoms with E-state index < -0.39 is 0 Å². The molecule has 0 atom stereocenters. The normalized spacial score (nSPS) is 11.4. The topological polar surface area (TPSA) is 67.2 Å². The number of carbonyl (C=O) groups excluding carboxylic acids is 1. The molecule has 7 heteroatoms. The molecule has 1 amide bonds. The number of thiophene rings is 1. The SMILES string of the molecule is CCc1ccc(NC(=O)Cn2c(CN(CC)CC)nc3sc(C)c(C)c3c2=O)cc1. The van der Waals surface area contributed by atoms with Gasteiger partial charge in [0, 0.05) is 10.6 Å². The van der Waals surface area contributed by atoms with Crippen molar-refractivity contribution in [2.24, 2.45) is 0 Å². The van der Waals surface area contributed by atoms with Gasteiger partial charge in [-0.1, -0.05) is 32.9 Å². The van der Waals surface area contributed by atoms with Crippen molar-refractivity contribution < 1.29 is 4.79 Å². The molecule has 0 saturated carbocycles. The highest BCUT2D eigenvalue weighted by Gasteiger charge is 2.19. The fraction of sp³-hybridized carbons (Fsp3) is 0.435. The number of anilines is 1. The largest absolute Gasteiger partial charge is 0.325 e. The first-order valence-electron chi connectivity index (χ1n) is 10.5. The molecule has 0 aliphatic heterocycles. The highest BCUT2D eigenvalue weighted by Crippen LogP contribution is 2.26. The van der Waals surface area contributed by atoms with Crippen molar-refractivity contribution in [1.29, 1.82) is 0 Å². The molecule has 0 unspecified atom stereocenters. The minimum Gasteiger partial charge on any atom is -0.325 e. The van der Waals surface area contributed by atoms with Crippen molar-refractivity contribution in [2.75, 3.05) is 18.4 Å². The summed E-state index contributed by atoms with van der Waals surface area (Å²) >= 11 is 1.54. The van der Waals surface area contributed by atoms with Gasteiger partial charge in [-0.05, 0) is 56.6 Å². The minimum atomic E-state index is -0.229. The van der Waals surface area contributed by atoms with Crippen LogP contribution in [0.5, 0.6) is 0 Å². The highest BCUT2D eigenvalue weighted by atomic mass is 32.1. The predicted octanol–water partition coefficient (Wildman–Crippen LogP) is 4.12. The summed E-state index contributed by atoms with van der Waals surface area (Å²) in [7, 11) is 0. The maximum absolute atomic E-state index is 13.3. The lowest BCUT2D eigenvalue weighted by Gasteiger charge is -2.20. The average molecular weight is 427 g/mol. The van der Waals surface area contributed by atoms with Gasteiger partial charge in [-0.3, -0.25) is 19.1 Å². The number of aromatic nitrogens is 2. The molecule has 3 aromatic rings. The van der Waals surface area contributed by atoms with Crippen molar-refractivity contribution in [3.63, 3.8) is 0 Å². The predicted molar refractivity (Wildman–Crippen MR) is 124 cm³/mol. The van der Waals surface area contributed by atoms with E-state index in [1.807, 2.05) is 38.1 Å². The van der Waals surface area contributed by atoms with Gasteiger partial charge in [0.1, 0.15) is 17.2 Å². The molecule has 30 heavy (non-hydrogen) atoms. The molecule has 2 heterocycles. The number of nitrogens with one attached hydrogen (secondary N) is 1. The highest BCUT2D eigenvalue weighted by molar-refractivity contribution is 7.18. The first-order valence-corrected chi connectivity index (χ1v) is 11.3. The number of amides is 1. The molecule has 160 valence electrons. The van der Waals surface area contributed by atoms with Gasteiger partial charge < -0.3 is 5.32 Å². The summed E-state index contributed by atoms with van der Waals surface area (Å²) in [5.74, 6) is 0.404. The van der Waals surface area contributed by atoms with Crippen molar-refractivity contribution in [2.45, 2.75) is 54.1 Å². The Bertz CT molecular complexity index is 1100. The summed E-state index contributed by atoms with van der Waals surface area (Å²) in [6.45, 7) is 12.4. The Morgan fingerprint density at radius 1 is 1.13 bits per heavy atom. The third-order valence-corrected chi connectivity index (χ3v) is 6.68. The second kappa shape index (κ2) is 9.53. The van der Waals surface area contributed by atoms with Crippen LogP contribution < -0.4 is 10.9 Å². The summed E-state index contributed by atoms with van der Waals surface area (Å²) < 4.78 is 1.54. The van der Waals surface area contributed by atoms with Crippen LogP contribution in [-0.4, -0.2) is 33.4 Å². The number of hydrogen-bond acceptors (Lipinski definition) is 5. The Kier molecular flexibility index (Phi) is 7.05. The molecule has 0 aliphatic carbocycles. The molecule has 6 nitrogen and oxygen atoms in total. The number of rotatable bonds is 8. The summed E-state index contributed by atoms with van der Waals surface area (Å²) in [6.07, 6.45) is 0.948. The summed E-state index contributed by atoms with van der Waals surface area (Å²) in [6, 6.07) is 7.78. The molecule has 0 bridgehead atoms. The van der Waals surface area contributed by atoms with E-state index >= 15 is 0 Å². The van der Waals surface area contributed by atoms with E-state index in [0.717, 1.165) is 40.5 Å².